The second kappa shape index (κ2) is 8.39. The van der Waals surface area contributed by atoms with Gasteiger partial charge in [-0.25, -0.2) is 0 Å². The molecule has 3 rings (SSSR count). The van der Waals surface area contributed by atoms with Crippen molar-refractivity contribution in [1.29, 1.82) is 0 Å². The maximum absolute atomic E-state index is 12.4. The molecule has 1 heterocycles. The van der Waals surface area contributed by atoms with E-state index in [2.05, 4.69) is 15.8 Å². The zero-order valence-electron chi connectivity index (χ0n) is 15.9. The third kappa shape index (κ3) is 4.37. The number of carbonyl (C=O) groups is 2. The Balaban J connectivity index is 1.59. The highest BCUT2D eigenvalue weighted by atomic mass is 16.5. The molecular weight excluding hydrogens is 358 g/mol. The smallest absolute Gasteiger partial charge is 0.255 e. The molecule has 2 aromatic carbocycles. The molecule has 1 aromatic heterocycles. The summed E-state index contributed by atoms with van der Waals surface area (Å²) in [6.07, 6.45) is 0. The van der Waals surface area contributed by atoms with E-state index in [4.69, 9.17) is 9.26 Å². The van der Waals surface area contributed by atoms with Gasteiger partial charge >= 0.3 is 0 Å². The summed E-state index contributed by atoms with van der Waals surface area (Å²) >= 11 is 0. The number of carbonyl (C=O) groups excluding carboxylic acids is 2. The number of nitrogens with one attached hydrogen (secondary N) is 2. The average Bonchev–Trinajstić information content (AvgIpc) is 3.04. The first-order valence-electron chi connectivity index (χ1n) is 8.76. The van der Waals surface area contributed by atoms with Crippen LogP contribution < -0.4 is 15.4 Å². The van der Waals surface area contributed by atoms with Crippen LogP contribution in [0.4, 0.5) is 5.69 Å². The standard InChI is InChI=1S/C21H21N3O4/c1-13-19(14(2)28-24-13)12-27-18-10-6-16(7-11-18)21(26)23-17-8-4-15(5-9-17)20(25)22-3/h4-11H,12H2,1-3H3,(H,22,25)(H,23,26). The van der Waals surface area contributed by atoms with E-state index in [1.54, 1.807) is 55.6 Å². The molecule has 0 fully saturated rings. The maximum atomic E-state index is 12.4. The minimum absolute atomic E-state index is 0.176. The van der Waals surface area contributed by atoms with Crippen LogP contribution in [0.15, 0.2) is 53.1 Å². The van der Waals surface area contributed by atoms with Crippen LogP contribution in [0.3, 0.4) is 0 Å². The van der Waals surface area contributed by atoms with Crippen molar-refractivity contribution >= 4 is 17.5 Å². The van der Waals surface area contributed by atoms with Crippen LogP contribution in [0.25, 0.3) is 0 Å². The molecule has 0 saturated heterocycles. The van der Waals surface area contributed by atoms with Crippen LogP contribution in [-0.2, 0) is 6.61 Å². The van der Waals surface area contributed by atoms with Crippen LogP contribution in [0, 0.1) is 13.8 Å². The Labute approximate surface area is 162 Å². The molecule has 144 valence electrons. The molecule has 0 unspecified atom stereocenters. The molecule has 0 bridgehead atoms. The second-order valence-electron chi connectivity index (χ2n) is 6.23. The van der Waals surface area contributed by atoms with Gasteiger partial charge in [-0.3, -0.25) is 9.59 Å². The zero-order chi connectivity index (χ0) is 20.1. The van der Waals surface area contributed by atoms with Gasteiger partial charge in [-0.1, -0.05) is 5.16 Å². The fourth-order valence-electron chi connectivity index (χ4n) is 2.62. The van der Waals surface area contributed by atoms with Crippen LogP contribution in [-0.4, -0.2) is 24.0 Å². The summed E-state index contributed by atoms with van der Waals surface area (Å²) in [6.45, 7) is 4.06. The van der Waals surface area contributed by atoms with Gasteiger partial charge in [-0.05, 0) is 62.4 Å². The largest absolute Gasteiger partial charge is 0.489 e. The molecule has 0 radical (unpaired) electrons. The predicted octanol–water partition coefficient (Wildman–Crippen LogP) is 3.48. The lowest BCUT2D eigenvalue weighted by Crippen LogP contribution is -2.17. The number of benzene rings is 2. The lowest BCUT2D eigenvalue weighted by Gasteiger charge is -2.08. The van der Waals surface area contributed by atoms with E-state index in [0.717, 1.165) is 17.0 Å². The first-order chi connectivity index (χ1) is 13.5. The summed E-state index contributed by atoms with van der Waals surface area (Å²) in [4.78, 5) is 23.9. The fraction of sp³-hybridized carbons (Fsp3) is 0.190. The maximum Gasteiger partial charge on any atom is 0.255 e. The van der Waals surface area contributed by atoms with Gasteiger partial charge in [-0.15, -0.1) is 0 Å². The van der Waals surface area contributed by atoms with Gasteiger partial charge in [0, 0.05) is 23.9 Å². The number of anilines is 1. The van der Waals surface area contributed by atoms with Crippen molar-refractivity contribution in [2.24, 2.45) is 0 Å². The third-order valence-electron chi connectivity index (χ3n) is 4.31. The average molecular weight is 379 g/mol. The van der Waals surface area contributed by atoms with E-state index in [-0.39, 0.29) is 11.8 Å². The van der Waals surface area contributed by atoms with E-state index in [9.17, 15) is 9.59 Å². The lowest BCUT2D eigenvalue weighted by atomic mass is 10.1. The number of aromatic nitrogens is 1. The second-order valence-corrected chi connectivity index (χ2v) is 6.23. The first kappa shape index (κ1) is 19.2. The van der Waals surface area contributed by atoms with Gasteiger partial charge in [0.25, 0.3) is 11.8 Å². The molecule has 0 aliphatic rings. The summed E-state index contributed by atoms with van der Waals surface area (Å²) in [5, 5.41) is 9.25. The minimum atomic E-state index is -0.245. The SMILES string of the molecule is CNC(=O)c1ccc(NC(=O)c2ccc(OCc3c(C)noc3C)cc2)cc1. The number of aryl methyl sites for hydroxylation is 2. The highest BCUT2D eigenvalue weighted by molar-refractivity contribution is 6.04. The molecule has 0 aliphatic heterocycles. The van der Waals surface area contributed by atoms with E-state index in [1.807, 2.05) is 13.8 Å². The Kier molecular flexibility index (Phi) is 5.74. The van der Waals surface area contributed by atoms with Gasteiger partial charge in [0.2, 0.25) is 0 Å². The molecular formula is C21H21N3O4. The Morgan fingerprint density at radius 1 is 0.964 bits per heavy atom. The molecule has 28 heavy (non-hydrogen) atoms. The van der Waals surface area contributed by atoms with Gasteiger partial charge < -0.3 is 19.9 Å². The van der Waals surface area contributed by atoms with Gasteiger partial charge in [0.1, 0.15) is 18.1 Å². The quantitative estimate of drug-likeness (QED) is 0.684. The van der Waals surface area contributed by atoms with E-state index < -0.39 is 0 Å². The van der Waals surface area contributed by atoms with Gasteiger partial charge in [-0.2, -0.15) is 0 Å². The van der Waals surface area contributed by atoms with Crippen molar-refractivity contribution in [2.75, 3.05) is 12.4 Å². The summed E-state index contributed by atoms with van der Waals surface area (Å²) in [7, 11) is 1.57. The molecule has 0 aliphatic carbocycles. The summed E-state index contributed by atoms with van der Waals surface area (Å²) < 4.78 is 10.9. The molecule has 2 N–H and O–H groups in total. The monoisotopic (exact) mass is 379 g/mol. The van der Waals surface area contributed by atoms with Crippen molar-refractivity contribution in [1.82, 2.24) is 10.5 Å². The summed E-state index contributed by atoms with van der Waals surface area (Å²) in [6, 6.07) is 13.5. The number of nitrogens with zero attached hydrogens (tertiary/aromatic N) is 1. The normalized spacial score (nSPS) is 10.4. The molecule has 7 heteroatoms. The molecule has 0 atom stereocenters. The third-order valence-corrected chi connectivity index (χ3v) is 4.31. The molecule has 3 aromatic rings. The number of hydrogen-bond acceptors (Lipinski definition) is 5. The summed E-state index contributed by atoms with van der Waals surface area (Å²) in [5.74, 6) is 0.956. The molecule has 7 nitrogen and oxygen atoms in total. The Morgan fingerprint density at radius 3 is 2.14 bits per heavy atom. The van der Waals surface area contributed by atoms with Crippen molar-refractivity contribution in [3.63, 3.8) is 0 Å². The highest BCUT2D eigenvalue weighted by Gasteiger charge is 2.11. The minimum Gasteiger partial charge on any atom is -0.489 e. The van der Waals surface area contributed by atoms with Crippen molar-refractivity contribution in [3.8, 4) is 5.75 Å². The molecule has 0 saturated carbocycles. The number of amides is 2. The summed E-state index contributed by atoms with van der Waals surface area (Å²) in [5.41, 5.74) is 3.36. The fourth-order valence-corrected chi connectivity index (χ4v) is 2.62. The van der Waals surface area contributed by atoms with Crippen molar-refractivity contribution < 1.29 is 18.8 Å². The number of ether oxygens (including phenoxy) is 1. The van der Waals surface area contributed by atoms with E-state index in [1.165, 1.54) is 0 Å². The van der Waals surface area contributed by atoms with Crippen LogP contribution in [0.5, 0.6) is 5.75 Å². The Hall–Kier alpha value is -3.61. The predicted molar refractivity (Wildman–Crippen MR) is 105 cm³/mol. The van der Waals surface area contributed by atoms with Crippen LogP contribution in [0.2, 0.25) is 0 Å². The molecule has 2 amide bonds. The lowest BCUT2D eigenvalue weighted by molar-refractivity contribution is 0.0962. The Bertz CT molecular complexity index is 956. The van der Waals surface area contributed by atoms with E-state index >= 15 is 0 Å². The van der Waals surface area contributed by atoms with Crippen LogP contribution in [0.1, 0.15) is 37.7 Å². The zero-order valence-corrected chi connectivity index (χ0v) is 15.9. The van der Waals surface area contributed by atoms with Crippen LogP contribution >= 0.6 is 0 Å². The number of rotatable bonds is 6. The van der Waals surface area contributed by atoms with Gasteiger partial charge in [0.05, 0.1) is 11.3 Å². The van der Waals surface area contributed by atoms with Gasteiger partial charge in [0.15, 0.2) is 0 Å². The molecule has 0 spiro atoms. The topological polar surface area (TPSA) is 93.5 Å². The number of hydrogen-bond donors (Lipinski definition) is 2. The highest BCUT2D eigenvalue weighted by Crippen LogP contribution is 2.19. The first-order valence-corrected chi connectivity index (χ1v) is 8.76. The van der Waals surface area contributed by atoms with E-state index in [0.29, 0.717) is 29.2 Å². The Morgan fingerprint density at radius 2 is 1.57 bits per heavy atom. The van der Waals surface area contributed by atoms with Crippen molar-refractivity contribution in [3.05, 3.63) is 76.7 Å². The van der Waals surface area contributed by atoms with Crippen molar-refractivity contribution in [2.45, 2.75) is 20.5 Å².